The zero-order valence-corrected chi connectivity index (χ0v) is 26.9. The Bertz CT molecular complexity index is 1250. The lowest BCUT2D eigenvalue weighted by atomic mass is 9.79. The monoisotopic (exact) mass is 662 g/mol. The molecule has 3 rings (SSSR count). The van der Waals surface area contributed by atoms with Crippen molar-refractivity contribution in [2.24, 2.45) is 11.8 Å². The minimum Gasteiger partial charge on any atom is -0.420 e. The highest BCUT2D eigenvalue weighted by Crippen LogP contribution is 2.41. The first-order valence-electron chi connectivity index (χ1n) is 17.0. The molecule has 1 fully saturated rings. The van der Waals surface area contributed by atoms with Crippen LogP contribution >= 0.6 is 0 Å². The average molecular weight is 663 g/mol. The van der Waals surface area contributed by atoms with Gasteiger partial charge in [-0.05, 0) is 44.4 Å². The number of ether oxygens (including phenoxy) is 1. The molecule has 0 saturated heterocycles. The van der Waals surface area contributed by atoms with Gasteiger partial charge in [0.05, 0.1) is 17.0 Å². The second-order valence-corrected chi connectivity index (χ2v) is 12.6. The molecule has 258 valence electrons. The first-order chi connectivity index (χ1) is 22.0. The van der Waals surface area contributed by atoms with Crippen molar-refractivity contribution in [2.75, 3.05) is 0 Å². The molecular formula is C36H46F8O2. The maximum atomic E-state index is 15.1. The number of hydrogen-bond acceptors (Lipinski definition) is 2. The predicted molar refractivity (Wildman–Crippen MR) is 162 cm³/mol. The highest BCUT2D eigenvalue weighted by Gasteiger charge is 2.36. The standard InChI is InChI=1S/C36H46F8O2/c1-3-5-7-9-11-12-14-16-22-18-20-23(21-19-22)36(45)46-35-33(43)31(41)26(32(42)34(35)44)25-29(39)27(37)24(28(38)30(25)40)17-15-13-10-8-6-4-2/h22-23H,3-21H2,1-2H3. The van der Waals surface area contributed by atoms with Gasteiger partial charge in [-0.15, -0.1) is 0 Å². The summed E-state index contributed by atoms with van der Waals surface area (Å²) in [5.41, 5.74) is -4.86. The van der Waals surface area contributed by atoms with Crippen molar-refractivity contribution in [1.29, 1.82) is 0 Å². The summed E-state index contributed by atoms with van der Waals surface area (Å²) in [6.45, 7) is 4.17. The van der Waals surface area contributed by atoms with Crippen molar-refractivity contribution < 1.29 is 44.7 Å². The minimum atomic E-state index is -2.35. The number of rotatable bonds is 18. The number of esters is 1. The Morgan fingerprint density at radius 1 is 0.543 bits per heavy atom. The molecule has 0 bridgehead atoms. The Morgan fingerprint density at radius 2 is 0.957 bits per heavy atom. The van der Waals surface area contributed by atoms with Crippen molar-refractivity contribution in [3.05, 3.63) is 52.1 Å². The van der Waals surface area contributed by atoms with Gasteiger partial charge in [-0.25, -0.2) is 26.3 Å². The zero-order chi connectivity index (χ0) is 33.8. The number of benzene rings is 2. The Balaban J connectivity index is 1.70. The molecule has 0 unspecified atom stereocenters. The fourth-order valence-electron chi connectivity index (χ4n) is 6.38. The highest BCUT2D eigenvalue weighted by atomic mass is 19.2. The lowest BCUT2D eigenvalue weighted by molar-refractivity contribution is -0.140. The molecule has 0 atom stereocenters. The topological polar surface area (TPSA) is 26.3 Å². The molecule has 0 aromatic heterocycles. The smallest absolute Gasteiger partial charge is 0.314 e. The van der Waals surface area contributed by atoms with Crippen LogP contribution in [0.4, 0.5) is 35.1 Å². The van der Waals surface area contributed by atoms with Crippen LogP contribution in [0.15, 0.2) is 0 Å². The van der Waals surface area contributed by atoms with Gasteiger partial charge in [-0.1, -0.05) is 97.3 Å². The summed E-state index contributed by atoms with van der Waals surface area (Å²) in [5.74, 6) is -20.5. The third-order valence-corrected chi connectivity index (χ3v) is 9.21. The second-order valence-electron chi connectivity index (χ2n) is 12.6. The van der Waals surface area contributed by atoms with E-state index in [1.54, 1.807) is 0 Å². The normalized spacial score (nSPS) is 16.7. The SMILES string of the molecule is CCCCCCCCCC1CCC(C(=O)Oc2c(F)c(F)c(-c3c(F)c(F)c(CCCCCCCC)c(F)c3F)c(F)c2F)CC1. The van der Waals surface area contributed by atoms with Gasteiger partial charge in [-0.3, -0.25) is 4.79 Å². The van der Waals surface area contributed by atoms with E-state index >= 15 is 8.78 Å². The van der Waals surface area contributed by atoms with Crippen molar-refractivity contribution in [3.63, 3.8) is 0 Å². The van der Waals surface area contributed by atoms with E-state index in [0.29, 0.717) is 38.0 Å². The van der Waals surface area contributed by atoms with E-state index in [-0.39, 0.29) is 12.8 Å². The number of halogens is 8. The van der Waals surface area contributed by atoms with Gasteiger partial charge < -0.3 is 4.74 Å². The maximum Gasteiger partial charge on any atom is 0.314 e. The van der Waals surface area contributed by atoms with Gasteiger partial charge in [-0.2, -0.15) is 8.78 Å². The van der Waals surface area contributed by atoms with Crippen LogP contribution in [-0.2, 0) is 11.2 Å². The van der Waals surface area contributed by atoms with Crippen molar-refractivity contribution in [2.45, 2.75) is 136 Å². The van der Waals surface area contributed by atoms with E-state index in [4.69, 9.17) is 4.74 Å². The van der Waals surface area contributed by atoms with Crippen LogP contribution in [0.25, 0.3) is 11.1 Å². The molecule has 1 aliphatic rings. The summed E-state index contributed by atoms with van der Waals surface area (Å²) >= 11 is 0. The third-order valence-electron chi connectivity index (χ3n) is 9.21. The molecule has 46 heavy (non-hydrogen) atoms. The maximum absolute atomic E-state index is 15.1. The van der Waals surface area contributed by atoms with Gasteiger partial charge in [0.25, 0.3) is 0 Å². The number of carbonyl (C=O) groups is 1. The van der Waals surface area contributed by atoms with E-state index in [1.807, 2.05) is 6.92 Å². The second kappa shape index (κ2) is 18.6. The van der Waals surface area contributed by atoms with Crippen LogP contribution in [0.1, 0.15) is 135 Å². The summed E-state index contributed by atoms with van der Waals surface area (Å²) < 4.78 is 125. The quantitative estimate of drug-likeness (QED) is 0.0522. The Labute approximate surface area is 267 Å². The predicted octanol–water partition coefficient (Wildman–Crippen LogP) is 12.2. The largest absolute Gasteiger partial charge is 0.420 e. The van der Waals surface area contributed by atoms with Crippen LogP contribution in [0.5, 0.6) is 5.75 Å². The first-order valence-corrected chi connectivity index (χ1v) is 17.0. The Morgan fingerprint density at radius 3 is 1.43 bits per heavy atom. The lowest BCUT2D eigenvalue weighted by Gasteiger charge is -2.27. The Hall–Kier alpha value is -2.65. The van der Waals surface area contributed by atoms with Crippen LogP contribution in [0.3, 0.4) is 0 Å². The molecule has 1 saturated carbocycles. The van der Waals surface area contributed by atoms with Crippen molar-refractivity contribution in [3.8, 4) is 16.9 Å². The van der Waals surface area contributed by atoms with E-state index in [1.165, 1.54) is 32.1 Å². The average Bonchev–Trinajstić information content (AvgIpc) is 3.05. The van der Waals surface area contributed by atoms with E-state index in [0.717, 1.165) is 44.9 Å². The molecule has 0 radical (unpaired) electrons. The molecular weight excluding hydrogens is 616 g/mol. The molecule has 2 aromatic carbocycles. The van der Waals surface area contributed by atoms with Gasteiger partial charge in [0.1, 0.15) is 0 Å². The van der Waals surface area contributed by atoms with Crippen molar-refractivity contribution >= 4 is 5.97 Å². The molecule has 0 aliphatic heterocycles. The van der Waals surface area contributed by atoms with Crippen LogP contribution in [0.2, 0.25) is 0 Å². The third kappa shape index (κ3) is 9.46. The molecule has 10 heteroatoms. The summed E-state index contributed by atoms with van der Waals surface area (Å²) in [5, 5.41) is 0. The van der Waals surface area contributed by atoms with Crippen molar-refractivity contribution in [1.82, 2.24) is 0 Å². The van der Waals surface area contributed by atoms with E-state index in [2.05, 4.69) is 6.92 Å². The summed E-state index contributed by atoms with van der Waals surface area (Å²) in [4.78, 5) is 12.7. The highest BCUT2D eigenvalue weighted by molar-refractivity contribution is 5.76. The molecule has 0 N–H and O–H groups in total. The summed E-state index contributed by atoms with van der Waals surface area (Å²) in [7, 11) is 0. The Kier molecular flexibility index (Phi) is 15.3. The van der Waals surface area contributed by atoms with Gasteiger partial charge in [0, 0.05) is 5.56 Å². The number of carbonyl (C=O) groups excluding carboxylic acids is 1. The lowest BCUT2D eigenvalue weighted by Crippen LogP contribution is -2.26. The summed E-state index contributed by atoms with van der Waals surface area (Å²) in [6.07, 6.45) is 15.3. The fraction of sp³-hybridized carbons (Fsp3) is 0.639. The molecule has 0 heterocycles. The molecule has 0 spiro atoms. The van der Waals surface area contributed by atoms with E-state index < -0.39 is 80.9 Å². The molecule has 0 amide bonds. The molecule has 2 nitrogen and oxygen atoms in total. The van der Waals surface area contributed by atoms with Crippen LogP contribution < -0.4 is 4.74 Å². The summed E-state index contributed by atoms with van der Waals surface area (Å²) in [6, 6.07) is 0. The van der Waals surface area contributed by atoms with Gasteiger partial charge in [0.2, 0.25) is 17.4 Å². The number of hydrogen-bond donors (Lipinski definition) is 0. The number of unbranched alkanes of at least 4 members (excludes halogenated alkanes) is 11. The van der Waals surface area contributed by atoms with Gasteiger partial charge >= 0.3 is 5.97 Å². The minimum absolute atomic E-state index is 0.197. The zero-order valence-electron chi connectivity index (χ0n) is 26.9. The van der Waals surface area contributed by atoms with E-state index in [9.17, 15) is 31.1 Å². The van der Waals surface area contributed by atoms with Gasteiger partial charge in [0.15, 0.2) is 34.9 Å². The first kappa shape index (κ1) is 37.8. The molecule has 1 aliphatic carbocycles. The fourth-order valence-corrected chi connectivity index (χ4v) is 6.38. The van der Waals surface area contributed by atoms with Crippen LogP contribution in [-0.4, -0.2) is 5.97 Å². The van der Waals surface area contributed by atoms with Crippen LogP contribution in [0, 0.1) is 58.4 Å². The molecule has 2 aromatic rings.